The number of amides is 1. The molecule has 4 heteroatoms. The van der Waals surface area contributed by atoms with Gasteiger partial charge in [-0.25, -0.2) is 0 Å². The molecular formula is C13H24N2O2. The predicted molar refractivity (Wildman–Crippen MR) is 66.5 cm³/mol. The molecule has 1 saturated heterocycles. The summed E-state index contributed by atoms with van der Waals surface area (Å²) in [5, 5.41) is 0. The van der Waals surface area contributed by atoms with Crippen molar-refractivity contribution in [3.8, 4) is 0 Å². The van der Waals surface area contributed by atoms with Gasteiger partial charge in [-0.15, -0.1) is 0 Å². The molecule has 1 aliphatic carbocycles. The molecule has 0 aromatic carbocycles. The molecular weight excluding hydrogens is 216 g/mol. The fourth-order valence-electron chi connectivity index (χ4n) is 2.91. The molecule has 0 radical (unpaired) electrons. The van der Waals surface area contributed by atoms with E-state index < -0.39 is 0 Å². The Morgan fingerprint density at radius 2 is 2.06 bits per heavy atom. The van der Waals surface area contributed by atoms with Crippen LogP contribution in [-0.2, 0) is 9.53 Å². The number of nitrogens with two attached hydrogens (primary N) is 1. The van der Waals surface area contributed by atoms with Crippen LogP contribution in [0.2, 0.25) is 0 Å². The van der Waals surface area contributed by atoms with E-state index >= 15 is 0 Å². The minimum atomic E-state index is 0.0399. The van der Waals surface area contributed by atoms with Gasteiger partial charge in [0.25, 0.3) is 0 Å². The topological polar surface area (TPSA) is 55.6 Å². The number of hydrogen-bond acceptors (Lipinski definition) is 3. The molecule has 4 nitrogen and oxygen atoms in total. The van der Waals surface area contributed by atoms with Gasteiger partial charge in [0.05, 0.1) is 25.2 Å². The second-order valence-corrected chi connectivity index (χ2v) is 5.36. The monoisotopic (exact) mass is 240 g/mol. The zero-order valence-corrected chi connectivity index (χ0v) is 10.7. The van der Waals surface area contributed by atoms with Crippen molar-refractivity contribution in [2.45, 2.75) is 51.1 Å². The Bertz CT molecular complexity index is 270. The molecule has 0 spiro atoms. The maximum absolute atomic E-state index is 12.5. The van der Waals surface area contributed by atoms with Gasteiger partial charge < -0.3 is 15.4 Å². The molecule has 1 aliphatic heterocycles. The minimum Gasteiger partial charge on any atom is -0.377 e. The Labute approximate surface area is 103 Å². The second kappa shape index (κ2) is 5.83. The van der Waals surface area contributed by atoms with Gasteiger partial charge in [0.1, 0.15) is 0 Å². The van der Waals surface area contributed by atoms with Gasteiger partial charge in [-0.3, -0.25) is 4.79 Å². The van der Waals surface area contributed by atoms with Gasteiger partial charge >= 0.3 is 0 Å². The van der Waals surface area contributed by atoms with Gasteiger partial charge in [0, 0.05) is 12.6 Å². The number of rotatable bonds is 1. The third-order valence-corrected chi connectivity index (χ3v) is 4.04. The first kappa shape index (κ1) is 12.8. The number of hydrogen-bond donors (Lipinski definition) is 1. The van der Waals surface area contributed by atoms with E-state index in [9.17, 15) is 4.79 Å². The normalized spacial score (nSPS) is 35.4. The Hall–Kier alpha value is -0.610. The number of morpholine rings is 1. The van der Waals surface area contributed by atoms with Crippen LogP contribution in [-0.4, -0.2) is 42.6 Å². The molecule has 98 valence electrons. The molecule has 2 rings (SSSR count). The van der Waals surface area contributed by atoms with Gasteiger partial charge in [-0.1, -0.05) is 19.3 Å². The van der Waals surface area contributed by atoms with E-state index in [1.54, 1.807) is 0 Å². The van der Waals surface area contributed by atoms with Gasteiger partial charge in [-0.2, -0.15) is 0 Å². The first-order chi connectivity index (χ1) is 8.20. The highest BCUT2D eigenvalue weighted by molar-refractivity contribution is 5.80. The van der Waals surface area contributed by atoms with Crippen LogP contribution in [0.1, 0.15) is 39.0 Å². The molecule has 2 unspecified atom stereocenters. The minimum absolute atomic E-state index is 0.0399. The molecule has 2 fully saturated rings. The van der Waals surface area contributed by atoms with E-state index in [0.717, 1.165) is 25.8 Å². The lowest BCUT2D eigenvalue weighted by Gasteiger charge is -2.36. The number of carbonyl (C=O) groups is 1. The Balaban J connectivity index is 2.01. The SMILES string of the molecule is C[C@@H]1COCCN1C(=O)C1CCCCCC1N. The summed E-state index contributed by atoms with van der Waals surface area (Å²) in [5.41, 5.74) is 6.15. The summed E-state index contributed by atoms with van der Waals surface area (Å²) in [6, 6.07) is 0.256. The van der Waals surface area contributed by atoms with Crippen LogP contribution < -0.4 is 5.73 Å². The lowest BCUT2D eigenvalue weighted by atomic mass is 9.93. The maximum atomic E-state index is 12.5. The van der Waals surface area contributed by atoms with E-state index in [4.69, 9.17) is 10.5 Å². The van der Waals surface area contributed by atoms with E-state index in [-0.39, 0.29) is 23.9 Å². The van der Waals surface area contributed by atoms with Crippen molar-refractivity contribution in [1.29, 1.82) is 0 Å². The molecule has 0 aromatic rings. The number of ether oxygens (including phenoxy) is 1. The lowest BCUT2D eigenvalue weighted by Crippen LogP contribution is -2.52. The lowest BCUT2D eigenvalue weighted by molar-refractivity contribution is -0.144. The van der Waals surface area contributed by atoms with Crippen molar-refractivity contribution in [1.82, 2.24) is 4.90 Å². The Morgan fingerprint density at radius 1 is 1.29 bits per heavy atom. The second-order valence-electron chi connectivity index (χ2n) is 5.36. The van der Waals surface area contributed by atoms with E-state index in [1.165, 1.54) is 12.8 Å². The molecule has 3 atom stereocenters. The van der Waals surface area contributed by atoms with Crippen LogP contribution in [0.15, 0.2) is 0 Å². The molecule has 1 saturated carbocycles. The standard InChI is InChI=1S/C13H24N2O2/c1-10-9-17-8-7-15(10)13(16)11-5-3-2-4-6-12(11)14/h10-12H,2-9,14H2,1H3/t10-,11?,12?/m1/s1. The number of nitrogens with zero attached hydrogens (tertiary/aromatic N) is 1. The summed E-state index contributed by atoms with van der Waals surface area (Å²) in [5.74, 6) is 0.299. The zero-order valence-electron chi connectivity index (χ0n) is 10.7. The molecule has 1 amide bonds. The van der Waals surface area contributed by atoms with Crippen LogP contribution >= 0.6 is 0 Å². The highest BCUT2D eigenvalue weighted by Crippen LogP contribution is 2.25. The zero-order chi connectivity index (χ0) is 12.3. The molecule has 1 heterocycles. The fraction of sp³-hybridized carbons (Fsp3) is 0.923. The Kier molecular flexibility index (Phi) is 4.40. The van der Waals surface area contributed by atoms with Crippen LogP contribution in [0.3, 0.4) is 0 Å². The average molecular weight is 240 g/mol. The quantitative estimate of drug-likeness (QED) is 0.699. The van der Waals surface area contributed by atoms with E-state index in [2.05, 4.69) is 6.92 Å². The first-order valence-electron chi connectivity index (χ1n) is 6.84. The van der Waals surface area contributed by atoms with Crippen molar-refractivity contribution in [2.75, 3.05) is 19.8 Å². The molecule has 0 bridgehead atoms. The first-order valence-corrected chi connectivity index (χ1v) is 6.84. The summed E-state index contributed by atoms with van der Waals surface area (Å²) in [4.78, 5) is 14.5. The van der Waals surface area contributed by atoms with Crippen LogP contribution in [0.25, 0.3) is 0 Å². The van der Waals surface area contributed by atoms with Crippen molar-refractivity contribution in [3.05, 3.63) is 0 Å². The number of carbonyl (C=O) groups excluding carboxylic acids is 1. The van der Waals surface area contributed by atoms with E-state index in [0.29, 0.717) is 13.2 Å². The third-order valence-electron chi connectivity index (χ3n) is 4.04. The third kappa shape index (κ3) is 2.99. The van der Waals surface area contributed by atoms with Crippen molar-refractivity contribution >= 4 is 5.91 Å². The summed E-state index contributed by atoms with van der Waals surface area (Å²) in [6.07, 6.45) is 5.49. The van der Waals surface area contributed by atoms with Crippen LogP contribution in [0.5, 0.6) is 0 Å². The van der Waals surface area contributed by atoms with Gasteiger partial charge in [-0.05, 0) is 19.8 Å². The smallest absolute Gasteiger partial charge is 0.227 e. The summed E-state index contributed by atoms with van der Waals surface area (Å²) in [7, 11) is 0. The average Bonchev–Trinajstić information content (AvgIpc) is 2.54. The molecule has 2 N–H and O–H groups in total. The highest BCUT2D eigenvalue weighted by Gasteiger charge is 2.33. The Morgan fingerprint density at radius 3 is 2.82 bits per heavy atom. The fourth-order valence-corrected chi connectivity index (χ4v) is 2.91. The highest BCUT2D eigenvalue weighted by atomic mass is 16.5. The summed E-state index contributed by atoms with van der Waals surface area (Å²) < 4.78 is 5.38. The molecule has 17 heavy (non-hydrogen) atoms. The van der Waals surface area contributed by atoms with Crippen molar-refractivity contribution in [3.63, 3.8) is 0 Å². The van der Waals surface area contributed by atoms with Gasteiger partial charge in [0.15, 0.2) is 0 Å². The van der Waals surface area contributed by atoms with Crippen molar-refractivity contribution in [2.24, 2.45) is 11.7 Å². The largest absolute Gasteiger partial charge is 0.377 e. The molecule has 0 aromatic heterocycles. The summed E-state index contributed by atoms with van der Waals surface area (Å²) >= 11 is 0. The van der Waals surface area contributed by atoms with Gasteiger partial charge in [0.2, 0.25) is 5.91 Å². The summed E-state index contributed by atoms with van der Waals surface area (Å²) in [6.45, 7) is 4.11. The van der Waals surface area contributed by atoms with E-state index in [1.807, 2.05) is 4.90 Å². The van der Waals surface area contributed by atoms with Crippen LogP contribution in [0.4, 0.5) is 0 Å². The van der Waals surface area contributed by atoms with Crippen molar-refractivity contribution < 1.29 is 9.53 Å². The maximum Gasteiger partial charge on any atom is 0.227 e. The van der Waals surface area contributed by atoms with Crippen LogP contribution in [0, 0.1) is 5.92 Å². The molecule has 2 aliphatic rings. The predicted octanol–water partition coefficient (Wildman–Crippen LogP) is 1.14.